The van der Waals surface area contributed by atoms with Crippen LogP contribution in [-0.4, -0.2) is 18.2 Å². The molecule has 0 spiro atoms. The number of fused-ring (bicyclic) bond motifs is 1. The number of halogens is 1. The van der Waals surface area contributed by atoms with Crippen molar-refractivity contribution in [1.82, 2.24) is 0 Å². The topological polar surface area (TPSA) is 41.5 Å². The van der Waals surface area contributed by atoms with Crippen LogP contribution in [0.25, 0.3) is 0 Å². The molecule has 100 valence electrons. The van der Waals surface area contributed by atoms with E-state index in [2.05, 4.69) is 39.2 Å². The first-order valence-electron chi connectivity index (χ1n) is 6.35. The van der Waals surface area contributed by atoms with E-state index < -0.39 is 0 Å². The molecule has 2 aromatic rings. The Morgan fingerprint density at radius 2 is 1.95 bits per heavy atom. The van der Waals surface area contributed by atoms with Gasteiger partial charge in [-0.25, -0.2) is 0 Å². The van der Waals surface area contributed by atoms with Crippen LogP contribution in [0.15, 0.2) is 51.9 Å². The summed E-state index contributed by atoms with van der Waals surface area (Å²) in [7, 11) is 0. The second kappa shape index (κ2) is 5.21. The van der Waals surface area contributed by atoms with E-state index >= 15 is 0 Å². The number of aryl methyl sites for hydroxylation is 1. The molecule has 3 rings (SSSR count). The molecule has 0 unspecified atom stereocenters. The summed E-state index contributed by atoms with van der Waals surface area (Å²) in [5.41, 5.74) is 4.81. The lowest BCUT2D eigenvalue weighted by Gasteiger charge is -2.12. The molecule has 0 atom stereocenters. The van der Waals surface area contributed by atoms with Gasteiger partial charge in [-0.15, -0.1) is 0 Å². The van der Waals surface area contributed by atoms with Crippen LogP contribution in [0.3, 0.4) is 0 Å². The maximum atomic E-state index is 11.8. The fourth-order valence-electron chi connectivity index (χ4n) is 2.32. The van der Waals surface area contributed by atoms with Crippen LogP contribution in [-0.2, 0) is 4.79 Å². The molecule has 1 N–H and O–H groups in total. The predicted molar refractivity (Wildman–Crippen MR) is 84.5 cm³/mol. The quantitative estimate of drug-likeness (QED) is 0.854. The van der Waals surface area contributed by atoms with Crippen molar-refractivity contribution in [1.29, 1.82) is 0 Å². The van der Waals surface area contributed by atoms with Crippen LogP contribution < -0.4 is 5.32 Å². The van der Waals surface area contributed by atoms with Gasteiger partial charge in [0.25, 0.3) is 0 Å². The molecule has 1 aliphatic heterocycles. The molecule has 0 bridgehead atoms. The average Bonchev–Trinajstić information content (AvgIpc) is 2.58. The van der Waals surface area contributed by atoms with E-state index in [1.165, 1.54) is 0 Å². The van der Waals surface area contributed by atoms with Crippen molar-refractivity contribution in [2.24, 2.45) is 4.99 Å². The van der Waals surface area contributed by atoms with E-state index in [1.54, 1.807) is 0 Å². The third-order valence-electron chi connectivity index (χ3n) is 3.29. The summed E-state index contributed by atoms with van der Waals surface area (Å²) in [6.07, 6.45) is 0. The van der Waals surface area contributed by atoms with Gasteiger partial charge in [-0.3, -0.25) is 9.79 Å². The second-order valence-electron chi connectivity index (χ2n) is 4.72. The Hall–Kier alpha value is -1.94. The van der Waals surface area contributed by atoms with E-state index in [1.807, 2.05) is 36.4 Å². The van der Waals surface area contributed by atoms with Crippen molar-refractivity contribution in [3.63, 3.8) is 0 Å². The lowest BCUT2D eigenvalue weighted by Crippen LogP contribution is -2.13. The zero-order valence-electron chi connectivity index (χ0n) is 11.0. The van der Waals surface area contributed by atoms with Crippen LogP contribution in [0.2, 0.25) is 0 Å². The lowest BCUT2D eigenvalue weighted by atomic mass is 9.97. The van der Waals surface area contributed by atoms with Crippen molar-refractivity contribution < 1.29 is 4.79 Å². The Morgan fingerprint density at radius 3 is 2.75 bits per heavy atom. The fraction of sp³-hybridized carbons (Fsp3) is 0.125. The third kappa shape index (κ3) is 2.39. The van der Waals surface area contributed by atoms with E-state index in [9.17, 15) is 4.79 Å². The minimum absolute atomic E-state index is 0.0860. The number of carbonyl (C=O) groups excluding carboxylic acids is 1. The van der Waals surface area contributed by atoms with Crippen LogP contribution in [0.4, 0.5) is 5.69 Å². The number of hydrogen-bond donors (Lipinski definition) is 1. The van der Waals surface area contributed by atoms with Gasteiger partial charge in [0.15, 0.2) is 0 Å². The van der Waals surface area contributed by atoms with Crippen LogP contribution >= 0.6 is 15.9 Å². The standard InChI is InChI=1S/C16H13BrN2O/c1-10-4-2-3-5-12(10)16-13-8-11(17)6-7-14(13)19-15(20)9-18-16/h2-8H,9H2,1H3,(H,19,20). The number of hydrogen-bond acceptors (Lipinski definition) is 2. The van der Waals surface area contributed by atoms with E-state index in [4.69, 9.17) is 0 Å². The monoisotopic (exact) mass is 328 g/mol. The molecule has 0 saturated heterocycles. The number of rotatable bonds is 1. The molecule has 1 heterocycles. The summed E-state index contributed by atoms with van der Waals surface area (Å²) in [6.45, 7) is 2.20. The van der Waals surface area contributed by atoms with Crippen molar-refractivity contribution in [3.05, 3.63) is 63.6 Å². The highest BCUT2D eigenvalue weighted by Crippen LogP contribution is 2.27. The van der Waals surface area contributed by atoms with Gasteiger partial charge in [-0.2, -0.15) is 0 Å². The average molecular weight is 329 g/mol. The lowest BCUT2D eigenvalue weighted by molar-refractivity contribution is -0.114. The molecule has 1 amide bonds. The summed E-state index contributed by atoms with van der Waals surface area (Å²) < 4.78 is 0.966. The maximum Gasteiger partial charge on any atom is 0.246 e. The summed E-state index contributed by atoms with van der Waals surface area (Å²) in [6, 6.07) is 13.9. The van der Waals surface area contributed by atoms with Gasteiger partial charge in [0, 0.05) is 15.6 Å². The number of anilines is 1. The highest BCUT2D eigenvalue weighted by molar-refractivity contribution is 9.10. The van der Waals surface area contributed by atoms with E-state index in [0.29, 0.717) is 0 Å². The highest BCUT2D eigenvalue weighted by atomic mass is 79.9. The molecule has 0 fully saturated rings. The first kappa shape index (κ1) is 13.1. The molecule has 1 aliphatic rings. The summed E-state index contributed by atoms with van der Waals surface area (Å²) in [4.78, 5) is 16.3. The van der Waals surface area contributed by atoms with Gasteiger partial charge >= 0.3 is 0 Å². The van der Waals surface area contributed by atoms with Gasteiger partial charge in [0.2, 0.25) is 5.91 Å². The number of benzodiazepines with no additional fused rings is 1. The molecule has 0 radical (unpaired) electrons. The number of aliphatic imine (C=N–C) groups is 1. The van der Waals surface area contributed by atoms with Gasteiger partial charge in [0.05, 0.1) is 11.4 Å². The number of benzene rings is 2. The number of nitrogens with zero attached hydrogens (tertiary/aromatic N) is 1. The minimum Gasteiger partial charge on any atom is -0.324 e. The van der Waals surface area contributed by atoms with Crippen LogP contribution in [0.1, 0.15) is 16.7 Å². The minimum atomic E-state index is -0.0860. The Balaban J connectivity index is 2.23. The van der Waals surface area contributed by atoms with Gasteiger partial charge in [0.1, 0.15) is 6.54 Å². The zero-order chi connectivity index (χ0) is 14.1. The third-order valence-corrected chi connectivity index (χ3v) is 3.79. The first-order valence-corrected chi connectivity index (χ1v) is 7.14. The molecule has 3 nitrogen and oxygen atoms in total. The fourth-order valence-corrected chi connectivity index (χ4v) is 2.68. The Kier molecular flexibility index (Phi) is 3.40. The van der Waals surface area contributed by atoms with Crippen molar-refractivity contribution in [2.45, 2.75) is 6.92 Å². The SMILES string of the molecule is Cc1ccccc1C1=NCC(=O)Nc2ccc(Br)cc21. The zero-order valence-corrected chi connectivity index (χ0v) is 12.6. The number of nitrogens with one attached hydrogen (secondary N) is 1. The second-order valence-corrected chi connectivity index (χ2v) is 5.63. The smallest absolute Gasteiger partial charge is 0.246 e. The summed E-state index contributed by atoms with van der Waals surface area (Å²) in [5.74, 6) is -0.0860. The molecule has 0 saturated carbocycles. The Morgan fingerprint density at radius 1 is 1.15 bits per heavy atom. The van der Waals surface area contributed by atoms with E-state index in [-0.39, 0.29) is 12.5 Å². The van der Waals surface area contributed by atoms with Gasteiger partial charge < -0.3 is 5.32 Å². The van der Waals surface area contributed by atoms with Gasteiger partial charge in [-0.05, 0) is 30.7 Å². The predicted octanol–water partition coefficient (Wildman–Crippen LogP) is 3.55. The first-order chi connectivity index (χ1) is 9.65. The normalized spacial score (nSPS) is 14.1. The molecule has 20 heavy (non-hydrogen) atoms. The Labute approximate surface area is 125 Å². The van der Waals surface area contributed by atoms with Crippen molar-refractivity contribution in [2.75, 3.05) is 11.9 Å². The van der Waals surface area contributed by atoms with Crippen molar-refractivity contribution >= 4 is 33.2 Å². The highest BCUT2D eigenvalue weighted by Gasteiger charge is 2.19. The molecular weight excluding hydrogens is 316 g/mol. The molecular formula is C16H13BrN2O. The molecule has 0 aliphatic carbocycles. The van der Waals surface area contributed by atoms with E-state index in [0.717, 1.165) is 32.6 Å². The summed E-state index contributed by atoms with van der Waals surface area (Å²) in [5, 5.41) is 2.89. The van der Waals surface area contributed by atoms with Crippen LogP contribution in [0, 0.1) is 6.92 Å². The molecule has 2 aromatic carbocycles. The van der Waals surface area contributed by atoms with Crippen LogP contribution in [0.5, 0.6) is 0 Å². The molecule has 0 aromatic heterocycles. The molecule has 4 heteroatoms. The number of amides is 1. The Bertz CT molecular complexity index is 722. The largest absolute Gasteiger partial charge is 0.324 e. The number of carbonyl (C=O) groups is 1. The summed E-state index contributed by atoms with van der Waals surface area (Å²) >= 11 is 3.48. The maximum absolute atomic E-state index is 11.8. The van der Waals surface area contributed by atoms with Gasteiger partial charge in [-0.1, -0.05) is 40.2 Å². The van der Waals surface area contributed by atoms with Crippen molar-refractivity contribution in [3.8, 4) is 0 Å².